The predicted molar refractivity (Wildman–Crippen MR) is 84.9 cm³/mol. The van der Waals surface area contributed by atoms with Gasteiger partial charge in [0, 0.05) is 10.5 Å². The summed E-state index contributed by atoms with van der Waals surface area (Å²) in [5.74, 6) is -0.336. The fraction of sp³-hybridized carbons (Fsp3) is 0.235. The van der Waals surface area contributed by atoms with Crippen LogP contribution in [0.1, 0.15) is 27.9 Å². The molecule has 0 aliphatic heterocycles. The number of halogens is 1. The molecule has 0 amide bonds. The van der Waals surface area contributed by atoms with Crippen LogP contribution in [0.2, 0.25) is 0 Å². The van der Waals surface area contributed by atoms with E-state index in [1.807, 2.05) is 18.2 Å². The number of aryl methyl sites for hydroxylation is 1. The number of rotatable bonds is 3. The molecular formula is C17H16BrNO2. The van der Waals surface area contributed by atoms with Gasteiger partial charge in [0.2, 0.25) is 0 Å². The monoisotopic (exact) mass is 345 g/mol. The van der Waals surface area contributed by atoms with E-state index in [2.05, 4.69) is 39.6 Å². The minimum Gasteiger partial charge on any atom is -0.366 e. The van der Waals surface area contributed by atoms with Gasteiger partial charge in [-0.05, 0) is 54.7 Å². The third kappa shape index (κ3) is 3.52. The van der Waals surface area contributed by atoms with Gasteiger partial charge in [-0.25, -0.2) is 4.79 Å². The summed E-state index contributed by atoms with van der Waals surface area (Å²) in [5, 5.41) is 0. The molecule has 3 rings (SSSR count). The van der Waals surface area contributed by atoms with Gasteiger partial charge in [-0.15, -0.1) is 5.48 Å². The van der Waals surface area contributed by atoms with E-state index in [0.717, 1.165) is 23.7 Å². The van der Waals surface area contributed by atoms with Crippen molar-refractivity contribution >= 4 is 21.9 Å². The maximum Gasteiger partial charge on any atom is 0.356 e. The van der Waals surface area contributed by atoms with Gasteiger partial charge in [-0.2, -0.15) is 0 Å². The summed E-state index contributed by atoms with van der Waals surface area (Å²) in [6.45, 7) is 0. The largest absolute Gasteiger partial charge is 0.366 e. The highest BCUT2D eigenvalue weighted by molar-refractivity contribution is 9.10. The highest BCUT2D eigenvalue weighted by atomic mass is 79.9. The number of hydroxylamine groups is 1. The van der Waals surface area contributed by atoms with Crippen molar-refractivity contribution in [1.82, 2.24) is 5.48 Å². The Balaban J connectivity index is 1.58. The van der Waals surface area contributed by atoms with Crippen LogP contribution in [0.4, 0.5) is 0 Å². The van der Waals surface area contributed by atoms with Crippen molar-refractivity contribution in [3.8, 4) is 0 Å². The van der Waals surface area contributed by atoms with Crippen LogP contribution >= 0.6 is 15.9 Å². The summed E-state index contributed by atoms with van der Waals surface area (Å²) in [7, 11) is 0. The zero-order chi connectivity index (χ0) is 14.7. The lowest BCUT2D eigenvalue weighted by molar-refractivity contribution is 0.0139. The molecule has 2 aromatic rings. The van der Waals surface area contributed by atoms with Crippen molar-refractivity contribution in [3.63, 3.8) is 0 Å². The minimum atomic E-state index is -0.336. The first-order valence-corrected chi connectivity index (χ1v) is 7.81. The maximum atomic E-state index is 11.9. The molecule has 0 aromatic heterocycles. The van der Waals surface area contributed by atoms with Crippen molar-refractivity contribution in [1.29, 1.82) is 0 Å². The zero-order valence-corrected chi connectivity index (χ0v) is 13.1. The van der Waals surface area contributed by atoms with E-state index in [4.69, 9.17) is 4.84 Å². The lowest BCUT2D eigenvalue weighted by Crippen LogP contribution is -2.36. The van der Waals surface area contributed by atoms with Gasteiger partial charge in [0.05, 0.1) is 5.56 Å². The van der Waals surface area contributed by atoms with Crippen LogP contribution in [0, 0.1) is 0 Å². The van der Waals surface area contributed by atoms with Gasteiger partial charge in [0.15, 0.2) is 0 Å². The highest BCUT2D eigenvalue weighted by Crippen LogP contribution is 2.24. The lowest BCUT2D eigenvalue weighted by Gasteiger charge is -2.24. The highest BCUT2D eigenvalue weighted by Gasteiger charge is 2.20. The molecule has 21 heavy (non-hydrogen) atoms. The average Bonchev–Trinajstić information content (AvgIpc) is 2.53. The molecule has 0 radical (unpaired) electrons. The molecule has 3 nitrogen and oxygen atoms in total. The summed E-state index contributed by atoms with van der Waals surface area (Å²) >= 11 is 3.50. The number of carbonyl (C=O) groups is 1. The number of nitrogens with one attached hydrogen (secondary N) is 1. The summed E-state index contributed by atoms with van der Waals surface area (Å²) in [4.78, 5) is 17.1. The average molecular weight is 346 g/mol. The molecular weight excluding hydrogens is 330 g/mol. The molecule has 0 fully saturated rings. The van der Waals surface area contributed by atoms with Gasteiger partial charge in [0.25, 0.3) is 0 Å². The first-order valence-electron chi connectivity index (χ1n) is 7.01. The topological polar surface area (TPSA) is 38.3 Å². The van der Waals surface area contributed by atoms with Crippen molar-refractivity contribution in [2.75, 3.05) is 0 Å². The Morgan fingerprint density at radius 2 is 1.95 bits per heavy atom. The smallest absolute Gasteiger partial charge is 0.356 e. The first kappa shape index (κ1) is 14.3. The molecule has 0 spiro atoms. The van der Waals surface area contributed by atoms with Gasteiger partial charge in [-0.1, -0.05) is 40.2 Å². The van der Waals surface area contributed by atoms with E-state index < -0.39 is 0 Å². The SMILES string of the molecule is O=C(ON[C@H]1CCc2cc(Br)ccc2C1)c1ccccc1. The molecule has 0 saturated carbocycles. The quantitative estimate of drug-likeness (QED) is 0.862. The molecule has 0 unspecified atom stereocenters. The number of benzene rings is 2. The van der Waals surface area contributed by atoms with Crippen LogP contribution < -0.4 is 5.48 Å². The maximum absolute atomic E-state index is 11.9. The predicted octanol–water partition coefficient (Wildman–Crippen LogP) is 3.67. The minimum absolute atomic E-state index is 0.173. The van der Waals surface area contributed by atoms with Gasteiger partial charge in [0.1, 0.15) is 0 Å². The fourth-order valence-corrected chi connectivity index (χ4v) is 3.00. The molecule has 1 aliphatic carbocycles. The number of fused-ring (bicyclic) bond motifs is 1. The molecule has 1 atom stereocenters. The lowest BCUT2D eigenvalue weighted by atomic mass is 9.89. The van der Waals surface area contributed by atoms with E-state index in [-0.39, 0.29) is 12.0 Å². The van der Waals surface area contributed by atoms with Crippen molar-refractivity contribution in [3.05, 3.63) is 69.7 Å². The zero-order valence-electron chi connectivity index (χ0n) is 11.5. The third-order valence-electron chi connectivity index (χ3n) is 3.72. The number of carbonyl (C=O) groups excluding carboxylic acids is 1. The second-order valence-electron chi connectivity index (χ2n) is 5.23. The third-order valence-corrected chi connectivity index (χ3v) is 4.22. The second kappa shape index (κ2) is 6.41. The van der Waals surface area contributed by atoms with E-state index in [0.29, 0.717) is 5.56 Å². The first-order chi connectivity index (χ1) is 10.2. The molecule has 4 heteroatoms. The van der Waals surface area contributed by atoms with Crippen molar-refractivity contribution in [2.24, 2.45) is 0 Å². The molecule has 0 heterocycles. The normalized spacial score (nSPS) is 17.1. The Kier molecular flexibility index (Phi) is 4.36. The van der Waals surface area contributed by atoms with Crippen LogP contribution in [0.15, 0.2) is 53.0 Å². The summed E-state index contributed by atoms with van der Waals surface area (Å²) < 4.78 is 1.11. The summed E-state index contributed by atoms with van der Waals surface area (Å²) in [6.07, 6.45) is 2.84. The van der Waals surface area contributed by atoms with Crippen molar-refractivity contribution in [2.45, 2.75) is 25.3 Å². The molecule has 2 aromatic carbocycles. The van der Waals surface area contributed by atoms with Crippen LogP contribution in [0.5, 0.6) is 0 Å². The molecule has 108 valence electrons. The number of hydrogen-bond acceptors (Lipinski definition) is 3. The molecule has 1 aliphatic rings. The van der Waals surface area contributed by atoms with E-state index in [1.54, 1.807) is 12.1 Å². The van der Waals surface area contributed by atoms with Crippen molar-refractivity contribution < 1.29 is 9.63 Å². The van der Waals surface area contributed by atoms with Gasteiger partial charge in [-0.3, -0.25) is 0 Å². The molecule has 0 bridgehead atoms. The summed E-state index contributed by atoms with van der Waals surface area (Å²) in [6, 6.07) is 15.5. The Hall–Kier alpha value is -1.65. The van der Waals surface area contributed by atoms with Gasteiger partial charge < -0.3 is 4.84 Å². The number of hydrogen-bond donors (Lipinski definition) is 1. The van der Waals surface area contributed by atoms with E-state index in [9.17, 15) is 4.79 Å². The molecule has 0 saturated heterocycles. The summed E-state index contributed by atoms with van der Waals surface area (Å²) in [5.41, 5.74) is 6.16. The Morgan fingerprint density at radius 1 is 1.14 bits per heavy atom. The fourth-order valence-electron chi connectivity index (χ4n) is 2.59. The van der Waals surface area contributed by atoms with Crippen LogP contribution in [-0.4, -0.2) is 12.0 Å². The van der Waals surface area contributed by atoms with Crippen LogP contribution in [0.3, 0.4) is 0 Å². The van der Waals surface area contributed by atoms with E-state index >= 15 is 0 Å². The standard InChI is InChI=1S/C17H16BrNO2/c18-15-8-6-14-11-16(9-7-13(14)10-15)19-21-17(20)12-4-2-1-3-5-12/h1-6,8,10,16,19H,7,9,11H2/t16-/m0/s1. The Morgan fingerprint density at radius 3 is 2.76 bits per heavy atom. The van der Waals surface area contributed by atoms with E-state index in [1.165, 1.54) is 11.1 Å². The second-order valence-corrected chi connectivity index (χ2v) is 6.14. The van der Waals surface area contributed by atoms with Crippen LogP contribution in [-0.2, 0) is 17.7 Å². The Bertz CT molecular complexity index is 642. The van der Waals surface area contributed by atoms with Gasteiger partial charge >= 0.3 is 5.97 Å². The van der Waals surface area contributed by atoms with Crippen LogP contribution in [0.25, 0.3) is 0 Å². The molecule has 1 N–H and O–H groups in total. The Labute approximate surface area is 132 Å².